The molecule has 1 aromatic rings. The molecule has 1 aromatic carbocycles. The summed E-state index contributed by atoms with van der Waals surface area (Å²) in [7, 11) is 0. The summed E-state index contributed by atoms with van der Waals surface area (Å²) in [5, 5.41) is 3.67. The molecule has 3 rings (SSSR count). The number of ether oxygens (including phenoxy) is 2. The third-order valence-corrected chi connectivity index (χ3v) is 4.76. The molecule has 0 bridgehead atoms. The summed E-state index contributed by atoms with van der Waals surface area (Å²) in [6.07, 6.45) is 1.57. The van der Waals surface area contributed by atoms with Crippen molar-refractivity contribution in [2.24, 2.45) is 5.92 Å². The number of carbonyl (C=O) groups is 1. The van der Waals surface area contributed by atoms with Crippen molar-refractivity contribution in [3.05, 3.63) is 28.8 Å². The number of rotatable bonds is 4. The lowest BCUT2D eigenvalue weighted by molar-refractivity contribution is -0.122. The van der Waals surface area contributed by atoms with Crippen LogP contribution in [0.5, 0.6) is 0 Å². The zero-order chi connectivity index (χ0) is 16.1. The minimum Gasteiger partial charge on any atom is -0.381 e. The molecule has 1 amide bonds. The van der Waals surface area contributed by atoms with Crippen molar-refractivity contribution >= 4 is 23.2 Å². The first-order chi connectivity index (χ1) is 11.2. The van der Waals surface area contributed by atoms with Crippen LogP contribution in [0, 0.1) is 5.92 Å². The molecule has 126 valence electrons. The Balaban J connectivity index is 1.58. The lowest BCUT2D eigenvalue weighted by atomic mass is 9.99. The average Bonchev–Trinajstić information content (AvgIpc) is 2.59. The molecule has 2 aliphatic rings. The summed E-state index contributed by atoms with van der Waals surface area (Å²) in [6, 6.07) is 5.77. The van der Waals surface area contributed by atoms with Gasteiger partial charge in [-0.1, -0.05) is 17.7 Å². The molecule has 23 heavy (non-hydrogen) atoms. The molecule has 0 aliphatic carbocycles. The standard InChI is InChI=1S/C17H23ClN2O3/c18-16-11-15(19-17(21)13-3-7-22-8-4-13)2-1-14(16)12-20-5-9-23-10-6-20/h1-2,11,13H,3-10,12H2,(H,19,21). The van der Waals surface area contributed by atoms with Crippen molar-refractivity contribution < 1.29 is 14.3 Å². The smallest absolute Gasteiger partial charge is 0.227 e. The Labute approximate surface area is 141 Å². The fourth-order valence-electron chi connectivity index (χ4n) is 2.96. The number of nitrogens with zero attached hydrogens (tertiary/aromatic N) is 1. The summed E-state index contributed by atoms with van der Waals surface area (Å²) in [4.78, 5) is 14.6. The summed E-state index contributed by atoms with van der Waals surface area (Å²) in [5.74, 6) is 0.0980. The highest BCUT2D eigenvalue weighted by atomic mass is 35.5. The molecular weight excluding hydrogens is 316 g/mol. The highest BCUT2D eigenvalue weighted by molar-refractivity contribution is 6.31. The van der Waals surface area contributed by atoms with E-state index in [9.17, 15) is 4.79 Å². The third-order valence-electron chi connectivity index (χ3n) is 4.41. The molecule has 2 fully saturated rings. The van der Waals surface area contributed by atoms with Gasteiger partial charge in [-0.05, 0) is 30.5 Å². The number of morpholine rings is 1. The maximum absolute atomic E-state index is 12.2. The molecular formula is C17H23ClN2O3. The fraction of sp³-hybridized carbons (Fsp3) is 0.588. The Bertz CT molecular complexity index is 541. The SMILES string of the molecule is O=C(Nc1ccc(CN2CCOCC2)c(Cl)c1)C1CCOCC1. The quantitative estimate of drug-likeness (QED) is 0.916. The first-order valence-electron chi connectivity index (χ1n) is 8.19. The van der Waals surface area contributed by atoms with Crippen LogP contribution < -0.4 is 5.32 Å². The minimum absolute atomic E-state index is 0.0375. The normalized spacial score (nSPS) is 20.4. The van der Waals surface area contributed by atoms with Gasteiger partial charge in [0.25, 0.3) is 0 Å². The van der Waals surface area contributed by atoms with Gasteiger partial charge in [-0.25, -0.2) is 0 Å². The first kappa shape index (κ1) is 16.7. The van der Waals surface area contributed by atoms with Crippen LogP contribution in [0.15, 0.2) is 18.2 Å². The molecule has 0 atom stereocenters. The van der Waals surface area contributed by atoms with E-state index in [2.05, 4.69) is 10.2 Å². The Hall–Kier alpha value is -1.14. The van der Waals surface area contributed by atoms with Crippen molar-refractivity contribution in [3.63, 3.8) is 0 Å². The molecule has 0 spiro atoms. The molecule has 2 heterocycles. The summed E-state index contributed by atoms with van der Waals surface area (Å²) >= 11 is 6.39. The Morgan fingerprint density at radius 1 is 1.17 bits per heavy atom. The lowest BCUT2D eigenvalue weighted by Gasteiger charge is -2.27. The van der Waals surface area contributed by atoms with Crippen LogP contribution in [0.2, 0.25) is 5.02 Å². The highest BCUT2D eigenvalue weighted by Crippen LogP contribution is 2.24. The van der Waals surface area contributed by atoms with Crippen LogP contribution in [-0.2, 0) is 20.8 Å². The van der Waals surface area contributed by atoms with Crippen LogP contribution in [-0.4, -0.2) is 50.3 Å². The average molecular weight is 339 g/mol. The monoisotopic (exact) mass is 338 g/mol. The number of anilines is 1. The van der Waals surface area contributed by atoms with E-state index in [0.717, 1.165) is 56.9 Å². The van der Waals surface area contributed by atoms with Crippen molar-refractivity contribution in [2.45, 2.75) is 19.4 Å². The molecule has 0 aromatic heterocycles. The van der Waals surface area contributed by atoms with E-state index >= 15 is 0 Å². The molecule has 0 radical (unpaired) electrons. The maximum Gasteiger partial charge on any atom is 0.227 e. The van der Waals surface area contributed by atoms with Crippen molar-refractivity contribution in [3.8, 4) is 0 Å². The second-order valence-corrected chi connectivity index (χ2v) is 6.48. The predicted octanol–water partition coefficient (Wildman–Crippen LogP) is 2.54. The van der Waals surface area contributed by atoms with Gasteiger partial charge in [0.2, 0.25) is 5.91 Å². The number of amides is 1. The number of halogens is 1. The Morgan fingerprint density at radius 3 is 2.57 bits per heavy atom. The zero-order valence-electron chi connectivity index (χ0n) is 13.2. The number of nitrogens with one attached hydrogen (secondary N) is 1. The van der Waals surface area contributed by atoms with Crippen LogP contribution in [0.25, 0.3) is 0 Å². The molecule has 0 unspecified atom stereocenters. The van der Waals surface area contributed by atoms with Gasteiger partial charge in [-0.2, -0.15) is 0 Å². The number of carbonyl (C=O) groups excluding carboxylic acids is 1. The van der Waals surface area contributed by atoms with Crippen LogP contribution in [0.3, 0.4) is 0 Å². The number of hydrogen-bond acceptors (Lipinski definition) is 4. The van der Waals surface area contributed by atoms with E-state index in [4.69, 9.17) is 21.1 Å². The first-order valence-corrected chi connectivity index (χ1v) is 8.57. The minimum atomic E-state index is 0.0375. The highest BCUT2D eigenvalue weighted by Gasteiger charge is 2.21. The molecule has 1 N–H and O–H groups in total. The van der Waals surface area contributed by atoms with Crippen LogP contribution in [0.4, 0.5) is 5.69 Å². The van der Waals surface area contributed by atoms with E-state index in [1.807, 2.05) is 18.2 Å². The van der Waals surface area contributed by atoms with Gasteiger partial charge < -0.3 is 14.8 Å². The van der Waals surface area contributed by atoms with Gasteiger partial charge in [0.1, 0.15) is 0 Å². The lowest BCUT2D eigenvalue weighted by Crippen LogP contribution is -2.35. The third kappa shape index (κ3) is 4.67. The van der Waals surface area contributed by atoms with Crippen LogP contribution in [0.1, 0.15) is 18.4 Å². The van der Waals surface area contributed by atoms with Gasteiger partial charge >= 0.3 is 0 Å². The number of hydrogen-bond donors (Lipinski definition) is 1. The van der Waals surface area contributed by atoms with Gasteiger partial charge in [0.05, 0.1) is 13.2 Å². The van der Waals surface area contributed by atoms with Crippen molar-refractivity contribution in [1.29, 1.82) is 0 Å². The molecule has 5 nitrogen and oxygen atoms in total. The fourth-order valence-corrected chi connectivity index (χ4v) is 3.20. The molecule has 2 saturated heterocycles. The van der Waals surface area contributed by atoms with Gasteiger partial charge in [-0.3, -0.25) is 9.69 Å². The Kier molecular flexibility index (Phi) is 5.89. The second kappa shape index (κ2) is 8.11. The van der Waals surface area contributed by atoms with Crippen molar-refractivity contribution in [2.75, 3.05) is 44.8 Å². The second-order valence-electron chi connectivity index (χ2n) is 6.07. The number of benzene rings is 1. The molecule has 6 heteroatoms. The molecule has 0 saturated carbocycles. The van der Waals surface area contributed by atoms with Gasteiger partial charge in [0, 0.05) is 49.5 Å². The zero-order valence-corrected chi connectivity index (χ0v) is 14.0. The van der Waals surface area contributed by atoms with E-state index < -0.39 is 0 Å². The van der Waals surface area contributed by atoms with E-state index in [0.29, 0.717) is 18.2 Å². The van der Waals surface area contributed by atoms with E-state index in [-0.39, 0.29) is 11.8 Å². The predicted molar refractivity (Wildman–Crippen MR) is 89.7 cm³/mol. The molecule has 2 aliphatic heterocycles. The Morgan fingerprint density at radius 2 is 1.87 bits per heavy atom. The topological polar surface area (TPSA) is 50.8 Å². The van der Waals surface area contributed by atoms with Gasteiger partial charge in [-0.15, -0.1) is 0 Å². The van der Waals surface area contributed by atoms with E-state index in [1.165, 1.54) is 0 Å². The van der Waals surface area contributed by atoms with E-state index in [1.54, 1.807) is 0 Å². The summed E-state index contributed by atoms with van der Waals surface area (Å²) in [5.41, 5.74) is 1.84. The maximum atomic E-state index is 12.2. The largest absolute Gasteiger partial charge is 0.381 e. The van der Waals surface area contributed by atoms with Crippen molar-refractivity contribution in [1.82, 2.24) is 4.90 Å². The summed E-state index contributed by atoms with van der Waals surface area (Å²) < 4.78 is 10.6. The summed E-state index contributed by atoms with van der Waals surface area (Å²) in [6.45, 7) is 5.55. The van der Waals surface area contributed by atoms with Crippen LogP contribution >= 0.6 is 11.6 Å². The van der Waals surface area contributed by atoms with Gasteiger partial charge in [0.15, 0.2) is 0 Å².